The molecule has 2 heterocycles. The monoisotopic (exact) mass is 433 g/mol. The Morgan fingerprint density at radius 3 is 2.26 bits per heavy atom. The number of likely N-dealkylation sites (tertiary alicyclic amines) is 1. The molecule has 1 aliphatic rings. The van der Waals surface area contributed by atoms with Crippen LogP contribution in [0.5, 0.6) is 23.3 Å². The number of piperidine rings is 1. The van der Waals surface area contributed by atoms with E-state index in [2.05, 4.69) is 9.97 Å². The minimum Gasteiger partial charge on any atom is -0.490 e. The minimum absolute atomic E-state index is 0.0963. The van der Waals surface area contributed by atoms with E-state index < -0.39 is 5.82 Å². The van der Waals surface area contributed by atoms with Gasteiger partial charge >= 0.3 is 6.01 Å². The molecule has 0 saturated carbocycles. The van der Waals surface area contributed by atoms with E-state index in [0.29, 0.717) is 55.7 Å². The summed E-state index contributed by atoms with van der Waals surface area (Å²) in [6.45, 7) is 7.91. The van der Waals surface area contributed by atoms with Crippen LogP contribution in [-0.2, 0) is 0 Å². The number of rotatable bonds is 9. The van der Waals surface area contributed by atoms with Crippen molar-refractivity contribution in [3.8, 4) is 23.3 Å². The standard InChI is InChI=1S/C22H28FN3O5/c1-4-28-18-10-15(11-19(29-5-2)20(18)30-6-3)21(27)26-9-7-8-17(14-26)31-22-24-12-16(23)13-25-22/h10-13,17H,4-9,14H2,1-3H3. The van der Waals surface area contributed by atoms with Gasteiger partial charge in [0.15, 0.2) is 17.3 Å². The van der Waals surface area contributed by atoms with Crippen LogP contribution in [0.3, 0.4) is 0 Å². The van der Waals surface area contributed by atoms with Crippen molar-refractivity contribution in [2.24, 2.45) is 0 Å². The van der Waals surface area contributed by atoms with Gasteiger partial charge in [0.25, 0.3) is 5.91 Å². The average Bonchev–Trinajstić information content (AvgIpc) is 2.77. The molecule has 9 heteroatoms. The first kappa shape index (κ1) is 22.6. The number of ether oxygens (including phenoxy) is 4. The zero-order valence-electron chi connectivity index (χ0n) is 18.1. The van der Waals surface area contributed by atoms with E-state index in [1.165, 1.54) is 0 Å². The van der Waals surface area contributed by atoms with E-state index >= 15 is 0 Å². The van der Waals surface area contributed by atoms with E-state index in [9.17, 15) is 9.18 Å². The molecule has 168 valence electrons. The van der Waals surface area contributed by atoms with Gasteiger partial charge in [-0.2, -0.15) is 0 Å². The zero-order valence-corrected chi connectivity index (χ0v) is 18.1. The Hall–Kier alpha value is -3.10. The van der Waals surface area contributed by atoms with Crippen molar-refractivity contribution < 1.29 is 28.1 Å². The molecule has 1 atom stereocenters. The van der Waals surface area contributed by atoms with Crippen LogP contribution in [0.25, 0.3) is 0 Å². The maximum atomic E-state index is 13.3. The van der Waals surface area contributed by atoms with E-state index in [0.717, 1.165) is 25.2 Å². The first-order valence-electron chi connectivity index (χ1n) is 10.6. The van der Waals surface area contributed by atoms with Gasteiger partial charge in [-0.3, -0.25) is 4.79 Å². The lowest BCUT2D eigenvalue weighted by molar-refractivity contribution is 0.0514. The molecule has 1 fully saturated rings. The maximum absolute atomic E-state index is 13.3. The van der Waals surface area contributed by atoms with Crippen LogP contribution < -0.4 is 18.9 Å². The van der Waals surface area contributed by atoms with Crippen molar-refractivity contribution in [1.29, 1.82) is 0 Å². The summed E-state index contributed by atoms with van der Waals surface area (Å²) in [7, 11) is 0. The van der Waals surface area contributed by atoms with Gasteiger partial charge in [-0.25, -0.2) is 14.4 Å². The van der Waals surface area contributed by atoms with Gasteiger partial charge < -0.3 is 23.8 Å². The summed E-state index contributed by atoms with van der Waals surface area (Å²) in [6.07, 6.45) is 3.36. The fourth-order valence-corrected chi connectivity index (χ4v) is 3.42. The highest BCUT2D eigenvalue weighted by molar-refractivity contribution is 5.95. The minimum atomic E-state index is -0.529. The van der Waals surface area contributed by atoms with Crippen LogP contribution in [0.2, 0.25) is 0 Å². The quantitative estimate of drug-likeness (QED) is 0.599. The van der Waals surface area contributed by atoms with Crippen LogP contribution in [0.15, 0.2) is 24.5 Å². The molecule has 1 aromatic carbocycles. The molecule has 1 aliphatic heterocycles. The molecule has 1 saturated heterocycles. The summed E-state index contributed by atoms with van der Waals surface area (Å²) in [4.78, 5) is 22.6. The predicted octanol–water partition coefficient (Wildman–Crippen LogP) is 3.50. The molecule has 0 N–H and O–H groups in total. The highest BCUT2D eigenvalue weighted by Gasteiger charge is 2.28. The summed E-state index contributed by atoms with van der Waals surface area (Å²) in [5, 5.41) is 0. The first-order valence-corrected chi connectivity index (χ1v) is 10.6. The van der Waals surface area contributed by atoms with Crippen molar-refractivity contribution in [3.05, 3.63) is 35.9 Å². The maximum Gasteiger partial charge on any atom is 0.316 e. The topological polar surface area (TPSA) is 83.0 Å². The molecular weight excluding hydrogens is 405 g/mol. The molecule has 8 nitrogen and oxygen atoms in total. The average molecular weight is 433 g/mol. The molecule has 0 aliphatic carbocycles. The zero-order chi connectivity index (χ0) is 22.2. The summed E-state index contributed by atoms with van der Waals surface area (Å²) >= 11 is 0. The predicted molar refractivity (Wildman–Crippen MR) is 111 cm³/mol. The summed E-state index contributed by atoms with van der Waals surface area (Å²) in [5.41, 5.74) is 0.453. The smallest absolute Gasteiger partial charge is 0.316 e. The Balaban J connectivity index is 1.79. The fourth-order valence-electron chi connectivity index (χ4n) is 3.42. The second-order valence-corrected chi connectivity index (χ2v) is 6.92. The lowest BCUT2D eigenvalue weighted by atomic mass is 10.1. The highest BCUT2D eigenvalue weighted by Crippen LogP contribution is 2.39. The van der Waals surface area contributed by atoms with Gasteiger partial charge in [0.2, 0.25) is 5.75 Å². The van der Waals surface area contributed by atoms with Crippen LogP contribution in [0.1, 0.15) is 44.0 Å². The van der Waals surface area contributed by atoms with Crippen molar-refractivity contribution in [1.82, 2.24) is 14.9 Å². The van der Waals surface area contributed by atoms with E-state index in [1.807, 2.05) is 20.8 Å². The molecule has 1 unspecified atom stereocenters. The number of benzene rings is 1. The Kier molecular flexibility index (Phi) is 7.86. The molecule has 1 amide bonds. The number of amides is 1. The van der Waals surface area contributed by atoms with E-state index in [1.54, 1.807) is 17.0 Å². The molecule has 3 rings (SSSR count). The van der Waals surface area contributed by atoms with Crippen molar-refractivity contribution in [2.75, 3.05) is 32.9 Å². The third-order valence-corrected chi connectivity index (χ3v) is 4.69. The normalized spacial score (nSPS) is 16.0. The Labute approximate surface area is 181 Å². The molecule has 0 radical (unpaired) electrons. The Morgan fingerprint density at radius 1 is 1.06 bits per heavy atom. The van der Waals surface area contributed by atoms with Gasteiger partial charge in [0, 0.05) is 12.1 Å². The van der Waals surface area contributed by atoms with Gasteiger partial charge in [-0.1, -0.05) is 0 Å². The molecular formula is C22H28FN3O5. The number of nitrogens with zero attached hydrogens (tertiary/aromatic N) is 3. The molecule has 31 heavy (non-hydrogen) atoms. The molecule has 1 aromatic heterocycles. The van der Waals surface area contributed by atoms with Gasteiger partial charge in [0.05, 0.1) is 38.8 Å². The summed E-state index contributed by atoms with van der Waals surface area (Å²) < 4.78 is 35.9. The van der Waals surface area contributed by atoms with Crippen LogP contribution in [0, 0.1) is 5.82 Å². The van der Waals surface area contributed by atoms with Crippen molar-refractivity contribution >= 4 is 5.91 Å². The third kappa shape index (κ3) is 5.74. The Morgan fingerprint density at radius 2 is 1.68 bits per heavy atom. The second-order valence-electron chi connectivity index (χ2n) is 6.92. The number of carbonyl (C=O) groups excluding carboxylic acids is 1. The highest BCUT2D eigenvalue weighted by atomic mass is 19.1. The second kappa shape index (κ2) is 10.8. The van der Waals surface area contributed by atoms with Crippen LogP contribution >= 0.6 is 0 Å². The van der Waals surface area contributed by atoms with Crippen molar-refractivity contribution in [3.63, 3.8) is 0 Å². The fraction of sp³-hybridized carbons (Fsp3) is 0.500. The van der Waals surface area contributed by atoms with Gasteiger partial charge in [0.1, 0.15) is 6.10 Å². The lowest BCUT2D eigenvalue weighted by Crippen LogP contribution is -2.44. The number of hydrogen-bond acceptors (Lipinski definition) is 7. The number of halogens is 1. The molecule has 0 spiro atoms. The lowest BCUT2D eigenvalue weighted by Gasteiger charge is -2.32. The molecule has 0 bridgehead atoms. The summed E-state index contributed by atoms with van der Waals surface area (Å²) in [5.74, 6) is 0.763. The van der Waals surface area contributed by atoms with Crippen LogP contribution in [-0.4, -0.2) is 59.8 Å². The largest absolute Gasteiger partial charge is 0.490 e. The third-order valence-electron chi connectivity index (χ3n) is 4.69. The number of hydrogen-bond donors (Lipinski definition) is 0. The summed E-state index contributed by atoms with van der Waals surface area (Å²) in [6, 6.07) is 3.47. The van der Waals surface area contributed by atoms with Gasteiger partial charge in [-0.15, -0.1) is 0 Å². The van der Waals surface area contributed by atoms with E-state index in [-0.39, 0.29) is 18.0 Å². The number of carbonyl (C=O) groups is 1. The first-order chi connectivity index (χ1) is 15.0. The van der Waals surface area contributed by atoms with Gasteiger partial charge in [-0.05, 0) is 45.7 Å². The number of aromatic nitrogens is 2. The molecule has 2 aromatic rings. The van der Waals surface area contributed by atoms with Crippen LogP contribution in [0.4, 0.5) is 4.39 Å². The van der Waals surface area contributed by atoms with Crippen molar-refractivity contribution in [2.45, 2.75) is 39.7 Å². The Bertz CT molecular complexity index is 851. The van der Waals surface area contributed by atoms with E-state index in [4.69, 9.17) is 18.9 Å². The SMILES string of the molecule is CCOc1cc(C(=O)N2CCCC(Oc3ncc(F)cn3)C2)cc(OCC)c1OCC.